The Hall–Kier alpha value is -2.62. The zero-order valence-electron chi connectivity index (χ0n) is 19.1. The van der Waals surface area contributed by atoms with Crippen molar-refractivity contribution in [3.63, 3.8) is 0 Å². The summed E-state index contributed by atoms with van der Waals surface area (Å²) in [6.45, 7) is 4.62. The Morgan fingerprint density at radius 3 is 1.88 bits per heavy atom. The second-order valence-corrected chi connectivity index (χ2v) is 9.51. The van der Waals surface area contributed by atoms with Gasteiger partial charge in [-0.05, 0) is 0 Å². The molecular weight excluding hydrogens is 503 g/mol. The van der Waals surface area contributed by atoms with Gasteiger partial charge in [0, 0.05) is 0 Å². The van der Waals surface area contributed by atoms with Gasteiger partial charge in [0.2, 0.25) is 0 Å². The van der Waals surface area contributed by atoms with E-state index in [9.17, 15) is 19.2 Å². The Balaban J connectivity index is 2.33. The zero-order valence-corrected chi connectivity index (χ0v) is 20.8. The van der Waals surface area contributed by atoms with E-state index in [-0.39, 0.29) is 21.6 Å². The van der Waals surface area contributed by atoms with Gasteiger partial charge in [0.15, 0.2) is 0 Å². The van der Waals surface area contributed by atoms with E-state index in [1.807, 2.05) is 24.3 Å². The first kappa shape index (κ1) is 26.6. The summed E-state index contributed by atoms with van der Waals surface area (Å²) in [6.07, 6.45) is -4.20. The van der Waals surface area contributed by atoms with Crippen LogP contribution in [0.5, 0.6) is 5.75 Å². The molecular formula is C22H28O10Se. The van der Waals surface area contributed by atoms with Gasteiger partial charge < -0.3 is 0 Å². The van der Waals surface area contributed by atoms with Crippen LogP contribution >= 0.6 is 0 Å². The van der Waals surface area contributed by atoms with Crippen molar-refractivity contribution >= 4 is 38.8 Å². The molecule has 0 bridgehead atoms. The monoisotopic (exact) mass is 532 g/mol. The number of ether oxygens (including phenoxy) is 6. The molecule has 0 amide bonds. The fraction of sp³-hybridized carbons (Fsp3) is 0.545. The van der Waals surface area contributed by atoms with Crippen molar-refractivity contribution in [3.05, 3.63) is 29.8 Å². The van der Waals surface area contributed by atoms with Crippen molar-refractivity contribution in [3.8, 4) is 5.75 Å². The quantitative estimate of drug-likeness (QED) is 0.259. The number of benzene rings is 1. The van der Waals surface area contributed by atoms with Gasteiger partial charge in [-0.2, -0.15) is 0 Å². The fourth-order valence-corrected chi connectivity index (χ4v) is 5.68. The van der Waals surface area contributed by atoms with Gasteiger partial charge in [-0.1, -0.05) is 0 Å². The van der Waals surface area contributed by atoms with Crippen LogP contribution in [-0.2, 0) is 48.2 Å². The van der Waals surface area contributed by atoms with Gasteiger partial charge in [-0.15, -0.1) is 0 Å². The molecule has 1 fully saturated rings. The normalized spacial score (nSPS) is 24.3. The van der Waals surface area contributed by atoms with Crippen molar-refractivity contribution in [1.82, 2.24) is 0 Å². The number of methoxy groups -OCH3 is 1. The minimum absolute atomic E-state index is 0.229. The Morgan fingerprint density at radius 1 is 0.818 bits per heavy atom. The molecule has 2 rings (SSSR count). The van der Waals surface area contributed by atoms with E-state index in [0.29, 0.717) is 5.32 Å². The third kappa shape index (κ3) is 8.34. The molecule has 10 nitrogen and oxygen atoms in total. The number of carbonyl (C=O) groups is 4. The van der Waals surface area contributed by atoms with Crippen LogP contribution in [0.15, 0.2) is 24.3 Å². The zero-order chi connectivity index (χ0) is 24.5. The summed E-state index contributed by atoms with van der Waals surface area (Å²) >= 11 is -0.303. The van der Waals surface area contributed by atoms with Crippen LogP contribution in [0.1, 0.15) is 33.3 Å². The van der Waals surface area contributed by atoms with Gasteiger partial charge in [-0.25, -0.2) is 0 Å². The van der Waals surface area contributed by atoms with Gasteiger partial charge in [0.25, 0.3) is 0 Å². The molecule has 5 unspecified atom stereocenters. The number of rotatable bonds is 9. The summed E-state index contributed by atoms with van der Waals surface area (Å²) in [4.78, 5) is 46.9. The summed E-state index contributed by atoms with van der Waals surface area (Å²) in [5.41, 5.74) is 1.00. The molecule has 5 atom stereocenters. The molecule has 0 spiro atoms. The predicted octanol–water partition coefficient (Wildman–Crippen LogP) is 0.982. The summed E-state index contributed by atoms with van der Waals surface area (Å²) in [7, 11) is 1.58. The molecule has 1 aliphatic rings. The molecule has 1 aliphatic heterocycles. The predicted molar refractivity (Wildman–Crippen MR) is 114 cm³/mol. The Kier molecular flexibility index (Phi) is 10.1. The van der Waals surface area contributed by atoms with Gasteiger partial charge in [0.1, 0.15) is 0 Å². The molecule has 0 aliphatic carbocycles. The van der Waals surface area contributed by atoms with Gasteiger partial charge in [0.05, 0.1) is 0 Å². The average molecular weight is 531 g/mol. The maximum atomic E-state index is 11.9. The van der Waals surface area contributed by atoms with E-state index >= 15 is 0 Å². The van der Waals surface area contributed by atoms with Gasteiger partial charge >= 0.3 is 198 Å². The van der Waals surface area contributed by atoms with Crippen LogP contribution in [0.3, 0.4) is 0 Å². The Morgan fingerprint density at radius 2 is 1.36 bits per heavy atom. The van der Waals surface area contributed by atoms with Crippen molar-refractivity contribution in [2.75, 3.05) is 13.7 Å². The molecule has 11 heteroatoms. The van der Waals surface area contributed by atoms with Crippen LogP contribution < -0.4 is 4.74 Å². The molecule has 1 aromatic carbocycles. The van der Waals surface area contributed by atoms with Crippen LogP contribution in [-0.4, -0.2) is 82.0 Å². The average Bonchev–Trinajstić information content (AvgIpc) is 2.73. The number of carbonyl (C=O) groups excluding carboxylic acids is 4. The molecule has 1 heterocycles. The van der Waals surface area contributed by atoms with E-state index in [1.54, 1.807) is 7.11 Å². The number of hydrogen-bond donors (Lipinski definition) is 0. The standard InChI is InChI=1S/C22H28O10Se/c1-12(23)28-10-18-19(29-13(2)24)20(30-14(3)25)21(31-15(4)26)22(32-18)33-11-16-6-8-17(27-5)9-7-16/h6-9,18-22H,10-11H2,1-5H3. The molecule has 33 heavy (non-hydrogen) atoms. The van der Waals surface area contributed by atoms with Crippen LogP contribution in [0.2, 0.25) is 0 Å². The number of hydrogen-bond acceptors (Lipinski definition) is 10. The molecule has 1 saturated heterocycles. The fourth-order valence-electron chi connectivity index (χ4n) is 3.22. The summed E-state index contributed by atoms with van der Waals surface area (Å²) in [5.74, 6) is -1.74. The van der Waals surface area contributed by atoms with Crippen molar-refractivity contribution in [2.45, 2.75) is 62.4 Å². The van der Waals surface area contributed by atoms with Gasteiger partial charge in [-0.3, -0.25) is 0 Å². The van der Waals surface area contributed by atoms with Crippen molar-refractivity contribution < 1.29 is 47.6 Å². The topological polar surface area (TPSA) is 124 Å². The van der Waals surface area contributed by atoms with E-state index in [0.717, 1.165) is 11.3 Å². The van der Waals surface area contributed by atoms with Crippen molar-refractivity contribution in [2.24, 2.45) is 0 Å². The first-order valence-electron chi connectivity index (χ1n) is 10.2. The molecule has 0 saturated carbocycles. The third-order valence-electron chi connectivity index (χ3n) is 4.52. The third-order valence-corrected chi connectivity index (χ3v) is 7.06. The molecule has 0 aromatic heterocycles. The Bertz CT molecular complexity index is 840. The summed E-state index contributed by atoms with van der Waals surface area (Å²) in [6, 6.07) is 7.48. The minimum atomic E-state index is -1.14. The van der Waals surface area contributed by atoms with Crippen LogP contribution in [0, 0.1) is 0 Å². The van der Waals surface area contributed by atoms with Crippen molar-refractivity contribution in [1.29, 1.82) is 0 Å². The summed E-state index contributed by atoms with van der Waals surface area (Å²) < 4.78 is 32.7. The first-order chi connectivity index (χ1) is 15.6. The van der Waals surface area contributed by atoms with E-state index in [1.165, 1.54) is 27.7 Å². The second kappa shape index (κ2) is 12.6. The molecule has 182 valence electrons. The maximum absolute atomic E-state index is 11.9. The molecule has 0 N–H and O–H groups in total. The van der Waals surface area contributed by atoms with E-state index in [4.69, 9.17) is 28.4 Å². The summed E-state index contributed by atoms with van der Waals surface area (Å²) in [5, 5.41) is -0.0645. The molecule has 1 aromatic rings. The Labute approximate surface area is 198 Å². The number of esters is 4. The van der Waals surface area contributed by atoms with Crippen LogP contribution in [0.25, 0.3) is 0 Å². The second-order valence-electron chi connectivity index (χ2n) is 7.23. The first-order valence-corrected chi connectivity index (χ1v) is 12.4. The van der Waals surface area contributed by atoms with Crippen LogP contribution in [0.4, 0.5) is 0 Å². The van der Waals surface area contributed by atoms with E-state index < -0.39 is 53.3 Å². The molecule has 0 radical (unpaired) electrons. The van der Waals surface area contributed by atoms with E-state index in [2.05, 4.69) is 0 Å². The SMILES string of the molecule is COc1ccc(C[Se]C2OC(COC(C)=O)C(OC(C)=O)C(OC(C)=O)C2OC(C)=O)cc1.